The summed E-state index contributed by atoms with van der Waals surface area (Å²) in [4.78, 5) is 0. The third kappa shape index (κ3) is 81.0. The van der Waals surface area contributed by atoms with Gasteiger partial charge in [0, 0.05) is 0 Å². The SMILES string of the molecule is CCCCCCCCCCCCCCCCCCCCCCC(CCCCCCCCCCC)COS(=O)(=O)[O-].CCCCCCCCCCCCCCCCCCCCCCC(CCCCCCCCCCC)COS(=O)(=O)[O-].[Ca+2]. The summed E-state index contributed by atoms with van der Waals surface area (Å²) in [6, 6.07) is 0. The van der Waals surface area contributed by atoms with Gasteiger partial charge in [-0.15, -0.1) is 0 Å². The summed E-state index contributed by atoms with van der Waals surface area (Å²) in [5, 5.41) is 0. The third-order valence-corrected chi connectivity index (χ3v) is 18.1. The van der Waals surface area contributed by atoms with Gasteiger partial charge in [-0.2, -0.15) is 0 Å². The summed E-state index contributed by atoms with van der Waals surface area (Å²) in [5.74, 6) is 0.396. The molecule has 2 atom stereocenters. The van der Waals surface area contributed by atoms with Gasteiger partial charge in [-0.25, -0.2) is 16.8 Å². The summed E-state index contributed by atoms with van der Waals surface area (Å²) in [6.07, 6.45) is 82.2. The molecule has 0 saturated heterocycles. The smallest absolute Gasteiger partial charge is 0.726 e. The van der Waals surface area contributed by atoms with E-state index in [9.17, 15) is 25.9 Å². The van der Waals surface area contributed by atoms with Crippen LogP contribution in [0.4, 0.5) is 0 Å². The minimum Gasteiger partial charge on any atom is -0.726 e. The average Bonchev–Trinajstić information content (AvgIpc) is 3.43. The van der Waals surface area contributed by atoms with E-state index in [2.05, 4.69) is 36.1 Å². The molecule has 0 aromatic carbocycles. The molecule has 0 amide bonds. The van der Waals surface area contributed by atoms with Gasteiger partial charge in [-0.05, 0) is 37.5 Å². The van der Waals surface area contributed by atoms with E-state index < -0.39 is 20.8 Å². The molecule has 11 heteroatoms. The fourth-order valence-corrected chi connectivity index (χ4v) is 12.6. The summed E-state index contributed by atoms with van der Waals surface area (Å²) >= 11 is 0. The maximum Gasteiger partial charge on any atom is 2.00 e. The summed E-state index contributed by atoms with van der Waals surface area (Å²) < 4.78 is 74.9. The Morgan fingerprint density at radius 2 is 0.333 bits per heavy atom. The van der Waals surface area contributed by atoms with Crippen LogP contribution in [-0.2, 0) is 29.2 Å². The quantitative estimate of drug-likeness (QED) is 0.0254. The van der Waals surface area contributed by atoms with Crippen molar-refractivity contribution in [2.45, 2.75) is 426 Å². The van der Waals surface area contributed by atoms with Gasteiger partial charge in [0.1, 0.15) is 0 Å². The van der Waals surface area contributed by atoms with Crippen molar-refractivity contribution < 1.29 is 34.3 Å². The van der Waals surface area contributed by atoms with Crippen LogP contribution in [0.5, 0.6) is 0 Å². The van der Waals surface area contributed by atoms with E-state index >= 15 is 0 Å². The van der Waals surface area contributed by atoms with Crippen molar-refractivity contribution in [3.05, 3.63) is 0 Å². The average molecular weight is 1220 g/mol. The predicted octanol–water partition coefficient (Wildman–Crippen LogP) is 24.0. The molecule has 0 aromatic rings. The second-order valence-corrected chi connectivity index (χ2v) is 27.5. The zero-order valence-electron chi connectivity index (χ0n) is 55.2. The molecule has 0 radical (unpaired) electrons. The normalized spacial score (nSPS) is 12.6. The topological polar surface area (TPSA) is 133 Å². The van der Waals surface area contributed by atoms with Gasteiger partial charge < -0.3 is 9.11 Å². The molecule has 0 fully saturated rings. The summed E-state index contributed by atoms with van der Waals surface area (Å²) in [7, 11) is -9.17. The Bertz CT molecular complexity index is 1270. The van der Waals surface area contributed by atoms with Crippen LogP contribution in [0.3, 0.4) is 0 Å². The van der Waals surface area contributed by atoms with E-state index in [-0.39, 0.29) is 62.8 Å². The third-order valence-electron chi connectivity index (χ3n) is 17.3. The minimum absolute atomic E-state index is 0. The Labute approximate surface area is 539 Å². The Balaban J connectivity index is -0.00000148. The molecule has 8 nitrogen and oxygen atoms in total. The van der Waals surface area contributed by atoms with Gasteiger partial charge in [0.25, 0.3) is 0 Å². The van der Waals surface area contributed by atoms with Crippen molar-refractivity contribution in [2.75, 3.05) is 13.2 Å². The van der Waals surface area contributed by atoms with E-state index in [4.69, 9.17) is 0 Å². The molecule has 0 spiro atoms. The van der Waals surface area contributed by atoms with Crippen LogP contribution in [0.1, 0.15) is 426 Å². The van der Waals surface area contributed by atoms with Gasteiger partial charge in [-0.3, -0.25) is 8.37 Å². The summed E-state index contributed by atoms with van der Waals surface area (Å²) in [6.45, 7) is 9.22. The number of rotatable bonds is 68. The predicted molar refractivity (Wildman–Crippen MR) is 353 cm³/mol. The van der Waals surface area contributed by atoms with Gasteiger partial charge >= 0.3 is 37.7 Å². The largest absolute Gasteiger partial charge is 2.00 e. The van der Waals surface area contributed by atoms with Crippen LogP contribution >= 0.6 is 0 Å². The molecular weight excluding hydrogens is 1070 g/mol. The van der Waals surface area contributed by atoms with Crippen molar-refractivity contribution in [3.63, 3.8) is 0 Å². The zero-order chi connectivity index (χ0) is 58.8. The van der Waals surface area contributed by atoms with Crippen molar-refractivity contribution in [2.24, 2.45) is 11.8 Å². The first-order valence-electron chi connectivity index (χ1n) is 36.2. The maximum atomic E-state index is 10.9. The van der Waals surface area contributed by atoms with E-state index in [1.165, 1.54) is 347 Å². The van der Waals surface area contributed by atoms with Gasteiger partial charge in [0.05, 0.1) is 13.2 Å². The maximum absolute atomic E-state index is 10.9. The first-order valence-corrected chi connectivity index (χ1v) is 38.9. The van der Waals surface area contributed by atoms with Crippen LogP contribution in [0, 0.1) is 11.8 Å². The van der Waals surface area contributed by atoms with Crippen molar-refractivity contribution in [1.29, 1.82) is 0 Å². The molecule has 2 unspecified atom stereocenters. The van der Waals surface area contributed by atoms with E-state index in [1.807, 2.05) is 0 Å². The van der Waals surface area contributed by atoms with Crippen LogP contribution in [0.2, 0.25) is 0 Å². The summed E-state index contributed by atoms with van der Waals surface area (Å²) in [5.41, 5.74) is 0. The first kappa shape index (κ1) is 86.2. The second-order valence-electron chi connectivity index (χ2n) is 25.4. The van der Waals surface area contributed by atoms with Crippen LogP contribution in [-0.4, -0.2) is 76.9 Å². The molecule has 0 rings (SSSR count). The van der Waals surface area contributed by atoms with E-state index in [1.54, 1.807) is 0 Å². The molecule has 0 bridgehead atoms. The number of hydrogen-bond donors (Lipinski definition) is 0. The first-order chi connectivity index (χ1) is 39.0. The molecule has 0 heterocycles. The molecule has 0 aromatic heterocycles. The number of hydrogen-bond acceptors (Lipinski definition) is 8. The Morgan fingerprint density at radius 3 is 0.444 bits per heavy atom. The molecule has 0 saturated carbocycles. The van der Waals surface area contributed by atoms with E-state index in [0.717, 1.165) is 51.4 Å². The van der Waals surface area contributed by atoms with Gasteiger partial charge in [0.15, 0.2) is 0 Å². The molecular formula is C70H142CaO8S2. The monoisotopic (exact) mass is 1210 g/mol. The Kier molecular flexibility index (Phi) is 76.4. The van der Waals surface area contributed by atoms with E-state index in [0.29, 0.717) is 0 Å². The molecule has 0 aliphatic rings. The molecule has 0 N–H and O–H groups in total. The molecule has 81 heavy (non-hydrogen) atoms. The fraction of sp³-hybridized carbons (Fsp3) is 1.00. The van der Waals surface area contributed by atoms with Crippen LogP contribution in [0.15, 0.2) is 0 Å². The molecule has 484 valence electrons. The minimum atomic E-state index is -4.58. The Hall–Kier alpha value is 1.000. The van der Waals surface area contributed by atoms with Crippen LogP contribution in [0.25, 0.3) is 0 Å². The number of unbranched alkanes of at least 4 members (excludes halogenated alkanes) is 54. The van der Waals surface area contributed by atoms with Crippen molar-refractivity contribution in [1.82, 2.24) is 0 Å². The van der Waals surface area contributed by atoms with Crippen molar-refractivity contribution in [3.8, 4) is 0 Å². The Morgan fingerprint density at radius 1 is 0.222 bits per heavy atom. The molecule has 0 aliphatic carbocycles. The zero-order valence-corrected chi connectivity index (χ0v) is 59.0. The van der Waals surface area contributed by atoms with Crippen LogP contribution < -0.4 is 0 Å². The van der Waals surface area contributed by atoms with Gasteiger partial charge in [-0.1, -0.05) is 400 Å². The second kappa shape index (κ2) is 71.8. The molecule has 0 aliphatic heterocycles. The van der Waals surface area contributed by atoms with Gasteiger partial charge in [0.2, 0.25) is 20.8 Å². The van der Waals surface area contributed by atoms with Crippen molar-refractivity contribution >= 4 is 58.5 Å². The standard InChI is InChI=1S/2C35H72O4S.Ca/c2*1-3-5-7-9-11-13-14-15-16-17-18-19-20-21-22-23-25-27-29-31-33-35(34-39-40(36,37)38)32-30-28-26-24-12-10-8-6-4-2;/h2*35H,3-34H2,1-2H3,(H,36,37,38);/q;;+2/p-2. The fourth-order valence-electron chi connectivity index (χ4n) is 11.8.